The Kier molecular flexibility index (Phi) is 15.4. The third-order valence-electron chi connectivity index (χ3n) is 5.33. The molecule has 0 aliphatic heterocycles. The van der Waals surface area contributed by atoms with Crippen LogP contribution < -0.4 is 34.7 Å². The van der Waals surface area contributed by atoms with E-state index >= 15 is 0 Å². The smallest absolute Gasteiger partial charge is 0.550 e. The minimum atomic E-state index is -0.952. The average molecular weight is 383 g/mol. The minimum Gasteiger partial charge on any atom is -0.550 e. The molecule has 1 aromatic rings. The molecule has 1 aromatic carbocycles. The molecule has 1 rings (SSSR count). The van der Waals surface area contributed by atoms with Crippen LogP contribution in [0.1, 0.15) is 107 Å². The summed E-state index contributed by atoms with van der Waals surface area (Å²) in [5.41, 5.74) is 6.79. The molecule has 0 radical (unpaired) electrons. The fourth-order valence-corrected chi connectivity index (χ4v) is 3.84. The maximum Gasteiger partial charge on any atom is 1.00 e. The van der Waals surface area contributed by atoms with Gasteiger partial charge < -0.3 is 9.90 Å². The van der Waals surface area contributed by atoms with Crippen LogP contribution in [0.3, 0.4) is 0 Å². The molecule has 0 N–H and O–H groups in total. The van der Waals surface area contributed by atoms with Crippen molar-refractivity contribution in [1.82, 2.24) is 0 Å². The van der Waals surface area contributed by atoms with Gasteiger partial charge in [0.2, 0.25) is 0 Å². The Hall–Kier alpha value is -0.310. The first-order valence-electron chi connectivity index (χ1n) is 10.9. The maximum atomic E-state index is 11.4. The van der Waals surface area contributed by atoms with Gasteiger partial charge in [-0.3, -0.25) is 0 Å². The summed E-state index contributed by atoms with van der Waals surface area (Å²) in [6.45, 7) is 8.92. The Labute approximate surface area is 189 Å². The molecule has 0 saturated heterocycles. The summed E-state index contributed by atoms with van der Waals surface area (Å²) in [4.78, 5) is 11.4. The number of hydrogen-bond acceptors (Lipinski definition) is 2. The zero-order valence-corrected chi connectivity index (χ0v) is 20.6. The van der Waals surface area contributed by atoms with Crippen LogP contribution in [0.25, 0.3) is 0 Å². The van der Waals surface area contributed by atoms with Gasteiger partial charge in [-0.1, -0.05) is 59.4 Å². The van der Waals surface area contributed by atoms with E-state index in [1.807, 2.05) is 0 Å². The average Bonchev–Trinajstić information content (AvgIpc) is 2.62. The van der Waals surface area contributed by atoms with Crippen molar-refractivity contribution in [3.63, 3.8) is 0 Å². The number of unbranched alkanes of at least 4 members (excludes halogenated alkanes) is 4. The molecule has 3 heteroatoms. The summed E-state index contributed by atoms with van der Waals surface area (Å²) in [5.74, 6) is -0.952. The van der Waals surface area contributed by atoms with Gasteiger partial charge in [0.05, 0.1) is 0 Å². The summed E-state index contributed by atoms with van der Waals surface area (Å²) in [6.07, 6.45) is 13.7. The monoisotopic (exact) mass is 382 g/mol. The van der Waals surface area contributed by atoms with Crippen LogP contribution in [-0.4, -0.2) is 5.97 Å². The molecule has 0 spiro atoms. The topological polar surface area (TPSA) is 40.1 Å². The van der Waals surface area contributed by atoms with E-state index < -0.39 is 5.97 Å². The van der Waals surface area contributed by atoms with Crippen LogP contribution in [-0.2, 0) is 36.9 Å². The third-order valence-corrected chi connectivity index (χ3v) is 5.33. The minimum absolute atomic E-state index is 0. The second-order valence-electron chi connectivity index (χ2n) is 7.59. The summed E-state index contributed by atoms with van der Waals surface area (Å²) >= 11 is 0. The predicted molar refractivity (Wildman–Crippen MR) is 110 cm³/mol. The van der Waals surface area contributed by atoms with E-state index in [0.717, 1.165) is 44.1 Å². The Balaban J connectivity index is 0.00000676. The van der Waals surface area contributed by atoms with Gasteiger partial charge in [0, 0.05) is 12.4 Å². The number of aliphatic carboxylic acids is 1. The molecule has 0 aliphatic carbocycles. The second kappa shape index (κ2) is 15.6. The number of carboxylic acids is 1. The first-order valence-corrected chi connectivity index (χ1v) is 10.9. The number of rotatable bonds is 14. The maximum absolute atomic E-state index is 11.4. The van der Waals surface area contributed by atoms with E-state index in [2.05, 4.69) is 33.8 Å². The number of carboxylic acid groups (broad SMARTS) is 1. The fraction of sp³-hybridized carbons (Fsp3) is 0.708. The van der Waals surface area contributed by atoms with Crippen molar-refractivity contribution in [2.24, 2.45) is 0 Å². The van der Waals surface area contributed by atoms with Gasteiger partial charge in [-0.2, -0.15) is 0 Å². The summed E-state index contributed by atoms with van der Waals surface area (Å²) in [6, 6.07) is 2.22. The Morgan fingerprint density at radius 3 is 1.56 bits per heavy atom. The third kappa shape index (κ3) is 9.15. The number of carbonyl (C=O) groups is 1. The molecule has 0 aromatic heterocycles. The molecule has 0 aliphatic rings. The van der Waals surface area contributed by atoms with Crippen molar-refractivity contribution in [3.05, 3.63) is 33.9 Å². The largest absolute Gasteiger partial charge is 1.00 e. The van der Waals surface area contributed by atoms with E-state index in [1.165, 1.54) is 55.2 Å². The summed E-state index contributed by atoms with van der Waals surface area (Å²) in [5, 5.41) is 11.4. The van der Waals surface area contributed by atoms with E-state index in [0.29, 0.717) is 0 Å². The first kappa shape index (κ1) is 26.7. The molecule has 2 nitrogen and oxygen atoms in total. The van der Waals surface area contributed by atoms with Crippen LogP contribution in [0.4, 0.5) is 0 Å². The van der Waals surface area contributed by atoms with Gasteiger partial charge in [-0.25, -0.2) is 0 Å². The van der Waals surface area contributed by atoms with E-state index in [9.17, 15) is 9.90 Å². The molecule has 27 heavy (non-hydrogen) atoms. The van der Waals surface area contributed by atoms with Crippen LogP contribution in [0.15, 0.2) is 6.07 Å². The second-order valence-corrected chi connectivity index (χ2v) is 7.59. The molecule has 0 bridgehead atoms. The number of benzene rings is 1. The molecule has 148 valence electrons. The number of carbonyl (C=O) groups excluding carboxylic acids is 1. The molecular weight excluding hydrogens is 343 g/mol. The van der Waals surface area contributed by atoms with E-state index in [1.54, 1.807) is 5.56 Å². The van der Waals surface area contributed by atoms with Crippen molar-refractivity contribution in [1.29, 1.82) is 0 Å². The Morgan fingerprint density at radius 1 is 0.704 bits per heavy atom. The van der Waals surface area contributed by atoms with Gasteiger partial charge in [-0.05, 0) is 79.2 Å². The van der Waals surface area contributed by atoms with Crippen molar-refractivity contribution in [3.8, 4) is 0 Å². The standard InChI is InChI=1S/C24H40O2.Na/c1-5-9-13-19-17-20(18-24(25)26)22(15-11-7-3)23(16-12-8-4)21(19)14-10-6-2;/h17H,5-16,18H2,1-4H3,(H,25,26);/q;+1/p-1. The fourth-order valence-electron chi connectivity index (χ4n) is 3.84. The van der Waals surface area contributed by atoms with Crippen LogP contribution in [0.5, 0.6) is 0 Å². The van der Waals surface area contributed by atoms with Gasteiger partial charge in [0.1, 0.15) is 0 Å². The SMILES string of the molecule is CCCCc1cc(CC(=O)[O-])c(CCCC)c(CCCC)c1CCCC.[Na+]. The Bertz CT molecular complexity index is 552. The molecule has 0 heterocycles. The van der Waals surface area contributed by atoms with Crippen molar-refractivity contribution >= 4 is 5.97 Å². The quantitative estimate of drug-likeness (QED) is 0.464. The molecular formula is C24H39NaO2. The Morgan fingerprint density at radius 2 is 1.11 bits per heavy atom. The molecule has 0 unspecified atom stereocenters. The van der Waals surface area contributed by atoms with Crippen LogP contribution >= 0.6 is 0 Å². The normalized spacial score (nSPS) is 10.7. The van der Waals surface area contributed by atoms with Gasteiger partial charge in [-0.15, -0.1) is 0 Å². The van der Waals surface area contributed by atoms with Crippen molar-refractivity contribution in [2.45, 2.75) is 111 Å². The van der Waals surface area contributed by atoms with Gasteiger partial charge in [0.15, 0.2) is 0 Å². The number of hydrogen-bond donors (Lipinski definition) is 0. The van der Waals surface area contributed by atoms with Crippen molar-refractivity contribution < 1.29 is 39.5 Å². The van der Waals surface area contributed by atoms with Crippen LogP contribution in [0.2, 0.25) is 0 Å². The molecule has 0 fully saturated rings. The summed E-state index contributed by atoms with van der Waals surface area (Å²) < 4.78 is 0. The van der Waals surface area contributed by atoms with E-state index in [4.69, 9.17) is 0 Å². The number of aryl methyl sites for hydroxylation is 1. The zero-order chi connectivity index (χ0) is 19.4. The molecule has 0 atom stereocenters. The summed E-state index contributed by atoms with van der Waals surface area (Å²) in [7, 11) is 0. The van der Waals surface area contributed by atoms with Crippen LogP contribution in [0, 0.1) is 0 Å². The van der Waals surface area contributed by atoms with Crippen molar-refractivity contribution in [2.75, 3.05) is 0 Å². The van der Waals surface area contributed by atoms with E-state index in [-0.39, 0.29) is 36.0 Å². The first-order chi connectivity index (χ1) is 12.6. The zero-order valence-electron chi connectivity index (χ0n) is 18.6. The molecule has 0 amide bonds. The van der Waals surface area contributed by atoms with Gasteiger partial charge >= 0.3 is 29.6 Å². The predicted octanol–water partition coefficient (Wildman–Crippen LogP) is 2.35. The van der Waals surface area contributed by atoms with Gasteiger partial charge in [0.25, 0.3) is 0 Å². The molecule has 0 saturated carbocycles.